The lowest BCUT2D eigenvalue weighted by molar-refractivity contribution is -0.274. The Hall–Kier alpha value is -2.74. The number of alkyl halides is 3. The average Bonchev–Trinajstić information content (AvgIpc) is 3.18. The molecule has 5 nitrogen and oxygen atoms in total. The molecule has 0 unspecified atom stereocenters. The maximum absolute atomic E-state index is 12.5. The Balaban J connectivity index is 1.23. The molecule has 2 fully saturated rings. The number of nitrogens with zero attached hydrogens (tertiary/aromatic N) is 2. The number of piperidine rings is 1. The van der Waals surface area contributed by atoms with Crippen LogP contribution in [0.5, 0.6) is 5.75 Å². The smallest absolute Gasteiger partial charge is 0.406 e. The summed E-state index contributed by atoms with van der Waals surface area (Å²) in [5.74, 6) is -0.192. The van der Waals surface area contributed by atoms with Gasteiger partial charge in [0, 0.05) is 31.9 Å². The Morgan fingerprint density at radius 3 is 2.25 bits per heavy atom. The summed E-state index contributed by atoms with van der Waals surface area (Å²) < 4.78 is 46.6. The monoisotopic (exact) mass is 448 g/mol. The summed E-state index contributed by atoms with van der Waals surface area (Å²) in [7, 11) is 0. The van der Waals surface area contributed by atoms with Crippen molar-refractivity contribution in [3.63, 3.8) is 0 Å². The molecule has 1 spiro atoms. The first-order valence-corrected chi connectivity index (χ1v) is 10.8. The highest BCUT2D eigenvalue weighted by Gasteiger charge is 2.41. The molecular weight excluding hydrogens is 421 g/mol. The fraction of sp³-hybridized carbons (Fsp3) is 0.458. The molecule has 2 heterocycles. The molecule has 0 radical (unpaired) electrons. The summed E-state index contributed by atoms with van der Waals surface area (Å²) in [6, 6.07) is 15.8. The van der Waals surface area contributed by atoms with E-state index in [9.17, 15) is 18.0 Å². The van der Waals surface area contributed by atoms with Crippen molar-refractivity contribution in [2.45, 2.75) is 32.2 Å². The number of carbonyl (C=O) groups excluding carboxylic acids is 1. The second kappa shape index (κ2) is 9.40. The van der Waals surface area contributed by atoms with Gasteiger partial charge in [-0.25, -0.2) is 0 Å². The molecule has 2 aromatic carbocycles. The first-order chi connectivity index (χ1) is 15.3. The van der Waals surface area contributed by atoms with Crippen molar-refractivity contribution in [2.75, 3.05) is 37.7 Å². The molecule has 172 valence electrons. The van der Waals surface area contributed by atoms with Crippen LogP contribution in [0.4, 0.5) is 18.9 Å². The highest BCUT2D eigenvalue weighted by atomic mass is 19.4. The lowest BCUT2D eigenvalue weighted by Gasteiger charge is -2.39. The van der Waals surface area contributed by atoms with Crippen LogP contribution < -0.4 is 9.64 Å². The Morgan fingerprint density at radius 2 is 1.59 bits per heavy atom. The molecule has 0 N–H and O–H groups in total. The lowest BCUT2D eigenvalue weighted by atomic mass is 9.78. The van der Waals surface area contributed by atoms with Crippen molar-refractivity contribution < 1.29 is 27.4 Å². The maximum Gasteiger partial charge on any atom is 0.573 e. The lowest BCUT2D eigenvalue weighted by Crippen LogP contribution is -2.45. The number of rotatable bonds is 6. The molecule has 0 aliphatic carbocycles. The quantitative estimate of drug-likeness (QED) is 0.647. The first-order valence-electron chi connectivity index (χ1n) is 10.8. The number of hydrogen-bond acceptors (Lipinski definition) is 4. The van der Waals surface area contributed by atoms with Crippen LogP contribution in [0.3, 0.4) is 0 Å². The zero-order chi connectivity index (χ0) is 22.6. The van der Waals surface area contributed by atoms with Gasteiger partial charge >= 0.3 is 6.36 Å². The average molecular weight is 448 g/mol. The number of amides is 1. The molecule has 4 rings (SSSR count). The number of halogens is 3. The molecule has 0 atom stereocenters. The molecule has 2 aliphatic heterocycles. The van der Waals surface area contributed by atoms with Gasteiger partial charge in [0.15, 0.2) is 0 Å². The number of carbonyl (C=O) groups is 1. The van der Waals surface area contributed by atoms with Crippen molar-refractivity contribution in [2.24, 2.45) is 5.41 Å². The third-order valence-electron chi connectivity index (χ3n) is 6.39. The predicted octanol–water partition coefficient (Wildman–Crippen LogP) is 4.62. The molecule has 2 saturated heterocycles. The van der Waals surface area contributed by atoms with Crippen molar-refractivity contribution in [3.8, 4) is 5.75 Å². The van der Waals surface area contributed by atoms with Gasteiger partial charge in [-0.3, -0.25) is 4.79 Å². The van der Waals surface area contributed by atoms with E-state index in [0.717, 1.165) is 43.6 Å². The number of anilines is 1. The molecule has 8 heteroatoms. The third kappa shape index (κ3) is 5.73. The predicted molar refractivity (Wildman–Crippen MR) is 114 cm³/mol. The molecule has 32 heavy (non-hydrogen) atoms. The Morgan fingerprint density at radius 1 is 0.938 bits per heavy atom. The Labute approximate surface area is 185 Å². The van der Waals surface area contributed by atoms with Gasteiger partial charge in [-0.15, -0.1) is 13.2 Å². The largest absolute Gasteiger partial charge is 0.573 e. The van der Waals surface area contributed by atoms with Crippen molar-refractivity contribution in [1.82, 2.24) is 4.90 Å². The van der Waals surface area contributed by atoms with E-state index in [1.165, 1.54) is 12.1 Å². The van der Waals surface area contributed by atoms with Crippen molar-refractivity contribution in [1.29, 1.82) is 0 Å². The van der Waals surface area contributed by atoms with E-state index in [1.807, 2.05) is 35.2 Å². The van der Waals surface area contributed by atoms with E-state index >= 15 is 0 Å². The van der Waals surface area contributed by atoms with Crippen LogP contribution in [0, 0.1) is 5.41 Å². The van der Waals surface area contributed by atoms with Crippen LogP contribution >= 0.6 is 0 Å². The normalized spacial score (nSPS) is 18.2. The standard InChI is InChI=1S/C24H27F3N2O3/c25-24(26,27)32-21-8-6-20(7-9-21)29-15-12-23(18-29)10-13-28(14-11-23)22(30)17-31-16-19-4-2-1-3-5-19/h1-9H,10-18H2. The van der Waals surface area contributed by atoms with Gasteiger partial charge in [-0.05, 0) is 54.5 Å². The molecule has 0 saturated carbocycles. The van der Waals surface area contributed by atoms with Gasteiger partial charge in [-0.1, -0.05) is 30.3 Å². The fourth-order valence-corrected chi connectivity index (χ4v) is 4.57. The topological polar surface area (TPSA) is 42.0 Å². The summed E-state index contributed by atoms with van der Waals surface area (Å²) >= 11 is 0. The number of hydrogen-bond donors (Lipinski definition) is 0. The van der Waals surface area contributed by atoms with Crippen LogP contribution in [-0.2, 0) is 16.1 Å². The molecule has 0 bridgehead atoms. The van der Waals surface area contributed by atoms with Gasteiger partial charge in [0.2, 0.25) is 5.91 Å². The van der Waals surface area contributed by atoms with Crippen LogP contribution in [0.15, 0.2) is 54.6 Å². The van der Waals surface area contributed by atoms with Crippen LogP contribution in [0.2, 0.25) is 0 Å². The van der Waals surface area contributed by atoms with Gasteiger partial charge < -0.3 is 19.3 Å². The van der Waals surface area contributed by atoms with E-state index in [0.29, 0.717) is 19.7 Å². The summed E-state index contributed by atoms with van der Waals surface area (Å²) in [5, 5.41) is 0. The number of likely N-dealkylation sites (tertiary alicyclic amines) is 1. The van der Waals surface area contributed by atoms with Gasteiger partial charge in [0.05, 0.1) is 6.61 Å². The minimum atomic E-state index is -4.68. The fourth-order valence-electron chi connectivity index (χ4n) is 4.57. The molecule has 2 aliphatic rings. The second-order valence-electron chi connectivity index (χ2n) is 8.57. The zero-order valence-electron chi connectivity index (χ0n) is 17.8. The molecular formula is C24H27F3N2O3. The minimum absolute atomic E-state index is 0.0193. The van der Waals surface area contributed by atoms with Gasteiger partial charge in [-0.2, -0.15) is 0 Å². The molecule has 2 aromatic rings. The Kier molecular flexibility index (Phi) is 6.60. The van der Waals surface area contributed by atoms with Crippen molar-refractivity contribution >= 4 is 11.6 Å². The third-order valence-corrected chi connectivity index (χ3v) is 6.39. The number of ether oxygens (including phenoxy) is 2. The highest BCUT2D eigenvalue weighted by molar-refractivity contribution is 5.77. The first kappa shape index (κ1) is 22.5. The van der Waals surface area contributed by atoms with Gasteiger partial charge in [0.1, 0.15) is 12.4 Å². The highest BCUT2D eigenvalue weighted by Crippen LogP contribution is 2.42. The zero-order valence-corrected chi connectivity index (χ0v) is 17.8. The van der Waals surface area contributed by atoms with E-state index in [2.05, 4.69) is 9.64 Å². The van der Waals surface area contributed by atoms with Gasteiger partial charge in [0.25, 0.3) is 0 Å². The molecule has 1 amide bonds. The SMILES string of the molecule is O=C(COCc1ccccc1)N1CCC2(CC1)CCN(c1ccc(OC(F)(F)F)cc1)C2. The summed E-state index contributed by atoms with van der Waals surface area (Å²) in [4.78, 5) is 16.6. The number of benzene rings is 2. The summed E-state index contributed by atoms with van der Waals surface area (Å²) in [5.41, 5.74) is 2.08. The van der Waals surface area contributed by atoms with E-state index in [-0.39, 0.29) is 23.7 Å². The van der Waals surface area contributed by atoms with Crippen molar-refractivity contribution in [3.05, 3.63) is 60.2 Å². The summed E-state index contributed by atoms with van der Waals surface area (Å²) in [6.45, 7) is 3.62. The minimum Gasteiger partial charge on any atom is -0.406 e. The van der Waals surface area contributed by atoms with E-state index in [1.54, 1.807) is 12.1 Å². The van der Waals surface area contributed by atoms with Crippen LogP contribution in [-0.4, -0.2) is 50.0 Å². The van der Waals surface area contributed by atoms with Crippen LogP contribution in [0.25, 0.3) is 0 Å². The van der Waals surface area contributed by atoms with E-state index < -0.39 is 6.36 Å². The van der Waals surface area contributed by atoms with E-state index in [4.69, 9.17) is 4.74 Å². The van der Waals surface area contributed by atoms with Crippen LogP contribution in [0.1, 0.15) is 24.8 Å². The molecule has 0 aromatic heterocycles. The Bertz CT molecular complexity index is 895. The summed E-state index contributed by atoms with van der Waals surface area (Å²) in [6.07, 6.45) is -1.83. The maximum atomic E-state index is 12.5. The second-order valence-corrected chi connectivity index (χ2v) is 8.57.